The van der Waals surface area contributed by atoms with Crippen LogP contribution in [0.3, 0.4) is 0 Å². The number of carbonyl (C=O) groups is 7. The third-order valence-electron chi connectivity index (χ3n) is 17.0. The zero-order chi connectivity index (χ0) is 67.6. The number of fused-ring (bicyclic) bond motifs is 2. The van der Waals surface area contributed by atoms with Crippen LogP contribution in [0.4, 0.5) is 11.4 Å². The minimum atomic E-state index is -2.14. The number of nitrogens with zero attached hydrogens (tertiary/aromatic N) is 5. The Morgan fingerprint density at radius 1 is 0.742 bits per heavy atom. The summed E-state index contributed by atoms with van der Waals surface area (Å²) in [6.45, 7) is 15.9. The maximum atomic E-state index is 14.7. The molecule has 13 atom stereocenters. The van der Waals surface area contributed by atoms with Crippen LogP contribution in [0.5, 0.6) is 17.2 Å². The molecule has 4 aliphatic heterocycles. The first kappa shape index (κ1) is 72.8. The van der Waals surface area contributed by atoms with E-state index in [1.54, 1.807) is 31.4 Å². The Bertz CT molecular complexity index is 3080. The van der Waals surface area contributed by atoms with Gasteiger partial charge in [0.1, 0.15) is 42.0 Å². The van der Waals surface area contributed by atoms with Gasteiger partial charge in [-0.3, -0.25) is 33.6 Å². The molecule has 3 aromatic rings. The van der Waals surface area contributed by atoms with Gasteiger partial charge in [-0.05, 0) is 98.8 Å². The third kappa shape index (κ3) is 19.3. The quantitative estimate of drug-likeness (QED) is 0.0188. The molecule has 4 heterocycles. The molecule has 4 aliphatic rings. The summed E-state index contributed by atoms with van der Waals surface area (Å²) in [5.41, 5.74) is 4.20. The fourth-order valence-corrected chi connectivity index (χ4v) is 12.2. The minimum absolute atomic E-state index is 0.0730. The lowest BCUT2D eigenvalue weighted by molar-refractivity contribution is -0.433. The van der Waals surface area contributed by atoms with E-state index in [-0.39, 0.29) is 35.7 Å². The lowest BCUT2D eigenvalue weighted by Gasteiger charge is -2.37. The second-order valence-electron chi connectivity index (χ2n) is 24.0. The molecule has 0 saturated carbocycles. The number of piperazine rings is 1. The molecule has 0 radical (unpaired) electrons. The third-order valence-corrected chi connectivity index (χ3v) is 17.4. The number of aliphatic hydroxyl groups excluding tert-OH is 6. The topological polar surface area (TPSA) is 405 Å². The Hall–Kier alpha value is -7.61. The Kier molecular flexibility index (Phi) is 27.0. The number of unbranched alkanes of at least 4 members (excludes halogenated alkanes) is 4. The number of phenols is 1. The van der Waals surface area contributed by atoms with Crippen LogP contribution in [-0.4, -0.2) is 238 Å². The lowest BCUT2D eigenvalue weighted by Crippen LogP contribution is -2.64. The molecule has 0 aliphatic carbocycles. The van der Waals surface area contributed by atoms with Gasteiger partial charge in [0.05, 0.1) is 37.1 Å². The van der Waals surface area contributed by atoms with Gasteiger partial charge in [-0.1, -0.05) is 41.6 Å². The maximum absolute atomic E-state index is 14.7. The van der Waals surface area contributed by atoms with Crippen molar-refractivity contribution in [3.63, 3.8) is 0 Å². The second kappa shape index (κ2) is 34.5. The van der Waals surface area contributed by atoms with E-state index in [0.717, 1.165) is 89.8 Å². The van der Waals surface area contributed by atoms with Gasteiger partial charge in [0.15, 0.2) is 17.6 Å². The first-order valence-corrected chi connectivity index (χ1v) is 31.6. The first-order valence-electron chi connectivity index (χ1n) is 30.9. The normalized spacial score (nSPS) is 25.5. The van der Waals surface area contributed by atoms with Crippen molar-refractivity contribution in [2.24, 2.45) is 5.92 Å². The number of amides is 7. The summed E-state index contributed by atoms with van der Waals surface area (Å²) in [6, 6.07) is 3.07. The van der Waals surface area contributed by atoms with Crippen molar-refractivity contribution in [3.8, 4) is 17.2 Å². The number of hydrogen-bond donors (Lipinski definition) is 13. The maximum Gasteiger partial charge on any atom is 0.261 e. The fourth-order valence-electron chi connectivity index (χ4n) is 12.0. The highest BCUT2D eigenvalue weighted by Crippen LogP contribution is 2.33. The Balaban J connectivity index is 1.12. The molecule has 30 nitrogen and oxygen atoms in total. The summed E-state index contributed by atoms with van der Waals surface area (Å²) in [6.07, 6.45) is -6.82. The zero-order valence-electron chi connectivity index (χ0n) is 52.6. The highest BCUT2D eigenvalue weighted by Gasteiger charge is 2.50. The van der Waals surface area contributed by atoms with Gasteiger partial charge in [-0.2, -0.15) is 0 Å². The molecule has 31 heteroatoms. The predicted octanol–water partition coefficient (Wildman–Crippen LogP) is -0.458. The summed E-state index contributed by atoms with van der Waals surface area (Å²) in [5.74, 6) is -8.59. The van der Waals surface area contributed by atoms with Crippen molar-refractivity contribution in [2.75, 3.05) is 82.5 Å². The molecule has 0 bridgehead atoms. The Morgan fingerprint density at radius 2 is 1.37 bits per heavy atom. The highest BCUT2D eigenvalue weighted by atomic mass is 32.2. The van der Waals surface area contributed by atoms with E-state index in [1.807, 2.05) is 0 Å². The average Bonchev–Trinajstić information content (AvgIpc) is 1.76. The van der Waals surface area contributed by atoms with E-state index in [4.69, 9.17) is 25.5 Å². The van der Waals surface area contributed by atoms with E-state index >= 15 is 0 Å². The molecule has 0 aromatic heterocycles. The molecule has 7 amide bonds. The van der Waals surface area contributed by atoms with Crippen molar-refractivity contribution < 1.29 is 97.6 Å². The summed E-state index contributed by atoms with van der Waals surface area (Å²) in [4.78, 5) is 111. The molecule has 13 N–H and O–H groups in total. The Labute approximate surface area is 542 Å². The number of aliphatic hydroxyl groups is 6. The number of ether oxygens (including phenoxy) is 2. The van der Waals surface area contributed by atoms with E-state index in [2.05, 4.69) is 76.6 Å². The standard InChI is InChI=1S/C62H86N10O20S/c1-34-24-41(25-35(2)55(34)89-23-11-9-7-8-10-22-88-6)70-20-18-69(19-21-70)40-15-13-39(14-16-40)56(80)65-44-28-42(74)30-64-60(84)53-54(79)36(3)32-72(53)62(86)52(48(78)31-63-5)68-59(83)51(47(77)26-38-12-17-46(76)49(27-38)90-93-92-91-87)67-58(82)45-29-43(75)33-71(45)61(85)50(37(4)73)66-57(44)81/h12-17,24-25,27,36-37,42-45,47-48,50-54,73-79,87H,7-11,18-23,26,28-33H2,1-4,6H3,(H,64,84)(H,65,80)(H,66,81)(H,67,82)(H,68,83)/t36?,37?,42-,43?,44-,45?,47+,48+,50?,51?,52-,53?,54-/m0/s1. The van der Waals surface area contributed by atoms with Crippen LogP contribution < -0.4 is 45.3 Å². The van der Waals surface area contributed by atoms with Crippen LogP contribution in [-0.2, 0) is 49.3 Å². The van der Waals surface area contributed by atoms with Gasteiger partial charge >= 0.3 is 0 Å². The molecule has 3 aromatic carbocycles. The van der Waals surface area contributed by atoms with Crippen molar-refractivity contribution in [1.82, 2.24) is 36.4 Å². The molecular formula is C62H86N10O20S. The van der Waals surface area contributed by atoms with Crippen molar-refractivity contribution in [2.45, 2.75) is 152 Å². The van der Waals surface area contributed by atoms with Gasteiger partial charge in [0.2, 0.25) is 42.0 Å². The minimum Gasteiger partial charge on any atom is -0.504 e. The molecule has 510 valence electrons. The van der Waals surface area contributed by atoms with Gasteiger partial charge < -0.3 is 100 Å². The van der Waals surface area contributed by atoms with E-state index in [9.17, 15) is 69.3 Å². The van der Waals surface area contributed by atoms with Crippen molar-refractivity contribution >= 4 is 65.0 Å². The van der Waals surface area contributed by atoms with Crippen molar-refractivity contribution in [3.05, 3.63) is 88.3 Å². The monoisotopic (exact) mass is 1320 g/mol. The number of benzene rings is 3. The molecule has 4 saturated heterocycles. The SMILES string of the molecule is [C-]#[N+]C[C@@H](O)[C@@H]1NC(=O)C([C@H](O)Cc2ccc(O)c(OSOOO)c2)NC(=O)C2CC(O)CN2C(=O)C(C(C)O)NC(=O)[C@@H](NC(=O)c2ccc(N3CCN(c4cc(C)c(OCCCCCCCOC)c(C)c4)CC3)cc2)C[C@H](O)CNC(=O)C2[C@@H](O)C(C)CN2C1=O. The van der Waals surface area contributed by atoms with E-state index < -0.39 is 165 Å². The van der Waals surface area contributed by atoms with Crippen LogP contribution in [0.25, 0.3) is 4.85 Å². The summed E-state index contributed by atoms with van der Waals surface area (Å²) in [5, 5.41) is 103. The number of β-amino-alcohol motifs (C(OH)–C–C–N with tert-alkyl or cyclic N) is 1. The molecule has 0 spiro atoms. The summed E-state index contributed by atoms with van der Waals surface area (Å²) in [7, 11) is 1.71. The molecule has 7 rings (SSSR count). The number of aromatic hydroxyl groups is 1. The van der Waals surface area contributed by atoms with Crippen LogP contribution >= 0.6 is 12.3 Å². The summed E-state index contributed by atoms with van der Waals surface area (Å²) < 4.78 is 20.7. The number of aryl methyl sites for hydroxylation is 2. The average molecular weight is 1320 g/mol. The molecule has 7 unspecified atom stereocenters. The Morgan fingerprint density at radius 3 is 2.01 bits per heavy atom. The molecule has 4 fully saturated rings. The van der Waals surface area contributed by atoms with Crippen LogP contribution in [0, 0.1) is 26.3 Å². The zero-order valence-corrected chi connectivity index (χ0v) is 53.4. The number of rotatable bonds is 23. The smallest absolute Gasteiger partial charge is 0.261 e. The second-order valence-corrected chi connectivity index (χ2v) is 24.4. The first-order chi connectivity index (χ1) is 44.4. The van der Waals surface area contributed by atoms with Gasteiger partial charge in [0, 0.05) is 102 Å². The largest absolute Gasteiger partial charge is 0.504 e. The van der Waals surface area contributed by atoms with Gasteiger partial charge in [-0.25, -0.2) is 11.8 Å². The molecular weight excluding hydrogens is 1240 g/mol. The number of methoxy groups -OCH3 is 1. The number of anilines is 2. The van der Waals surface area contributed by atoms with Gasteiger partial charge in [0.25, 0.3) is 18.2 Å². The fraction of sp³-hybridized carbons (Fsp3) is 0.581. The van der Waals surface area contributed by atoms with Crippen LogP contribution in [0.1, 0.15) is 85.8 Å². The van der Waals surface area contributed by atoms with Crippen molar-refractivity contribution in [1.29, 1.82) is 0 Å². The molecule has 93 heavy (non-hydrogen) atoms. The highest BCUT2D eigenvalue weighted by molar-refractivity contribution is 7.90. The predicted molar refractivity (Wildman–Crippen MR) is 335 cm³/mol. The number of nitrogens with one attached hydrogen (secondary N) is 5. The lowest BCUT2D eigenvalue weighted by atomic mass is 9.99. The number of phenolic OH excluding ortho intramolecular Hbond substituents is 1. The van der Waals surface area contributed by atoms with E-state index in [0.29, 0.717) is 32.8 Å². The van der Waals surface area contributed by atoms with Gasteiger partial charge in [-0.15, -0.1) is 0 Å². The van der Waals surface area contributed by atoms with Crippen LogP contribution in [0.15, 0.2) is 54.6 Å². The number of carbonyl (C=O) groups excluding carboxylic acids is 7. The number of hydrogen-bond acceptors (Lipinski definition) is 23. The van der Waals surface area contributed by atoms with Crippen LogP contribution in [0.2, 0.25) is 0 Å². The van der Waals surface area contributed by atoms with E-state index in [1.165, 1.54) is 19.1 Å². The summed E-state index contributed by atoms with van der Waals surface area (Å²) >= 11 is 0.0730.